The second kappa shape index (κ2) is 13.0. The number of rotatable bonds is 10. The van der Waals surface area contributed by atoms with E-state index in [1.54, 1.807) is 33.8 Å². The lowest BCUT2D eigenvalue weighted by atomic mass is 10.1. The van der Waals surface area contributed by atoms with Gasteiger partial charge in [-0.15, -0.1) is 0 Å². The van der Waals surface area contributed by atoms with Gasteiger partial charge >= 0.3 is 18.3 Å². The van der Waals surface area contributed by atoms with Crippen LogP contribution in [0.5, 0.6) is 11.5 Å². The monoisotopic (exact) mass is 467 g/mol. The summed E-state index contributed by atoms with van der Waals surface area (Å²) in [6, 6.07) is 3.58. The molecule has 0 aliphatic carbocycles. The van der Waals surface area contributed by atoms with Gasteiger partial charge in [-0.05, 0) is 63.6 Å². The Hall–Kier alpha value is -2.81. The molecule has 0 heterocycles. The highest BCUT2D eigenvalue weighted by atomic mass is 16.7. The van der Waals surface area contributed by atoms with Gasteiger partial charge in [-0.3, -0.25) is 4.79 Å². The summed E-state index contributed by atoms with van der Waals surface area (Å²) in [5.41, 5.74) is 6.51. The molecule has 33 heavy (non-hydrogen) atoms. The van der Waals surface area contributed by atoms with E-state index in [2.05, 4.69) is 0 Å². The van der Waals surface area contributed by atoms with Crippen LogP contribution in [0, 0.1) is 11.8 Å². The van der Waals surface area contributed by atoms with E-state index >= 15 is 0 Å². The van der Waals surface area contributed by atoms with Gasteiger partial charge in [0.1, 0.15) is 18.2 Å². The molecule has 9 nitrogen and oxygen atoms in total. The lowest BCUT2D eigenvalue weighted by molar-refractivity contribution is -0.148. The Morgan fingerprint density at radius 2 is 1.24 bits per heavy atom. The van der Waals surface area contributed by atoms with Crippen molar-refractivity contribution in [2.24, 2.45) is 17.6 Å². The zero-order chi connectivity index (χ0) is 25.3. The van der Waals surface area contributed by atoms with E-state index in [-0.39, 0.29) is 48.1 Å². The summed E-state index contributed by atoms with van der Waals surface area (Å²) in [4.78, 5) is 36.5. The van der Waals surface area contributed by atoms with Crippen LogP contribution in [0.4, 0.5) is 9.59 Å². The third-order valence-corrected chi connectivity index (χ3v) is 4.95. The first-order valence-corrected chi connectivity index (χ1v) is 11.2. The molecule has 1 rings (SSSR count). The van der Waals surface area contributed by atoms with Gasteiger partial charge in [-0.1, -0.05) is 33.8 Å². The molecule has 0 radical (unpaired) electrons. The van der Waals surface area contributed by atoms with Crippen LogP contribution in [0.3, 0.4) is 0 Å². The lowest BCUT2D eigenvalue weighted by Crippen LogP contribution is -2.35. The predicted octanol–water partition coefficient (Wildman–Crippen LogP) is 4.63. The van der Waals surface area contributed by atoms with Gasteiger partial charge in [0.25, 0.3) is 0 Å². The minimum absolute atomic E-state index is 0.0350. The average Bonchev–Trinajstić information content (AvgIpc) is 2.68. The fraction of sp³-hybridized carbons (Fsp3) is 0.625. The number of carbonyl (C=O) groups is 3. The maximum absolute atomic E-state index is 12.3. The van der Waals surface area contributed by atoms with Crippen molar-refractivity contribution < 1.29 is 38.1 Å². The Kier molecular flexibility index (Phi) is 11.1. The van der Waals surface area contributed by atoms with Crippen LogP contribution in [0.2, 0.25) is 0 Å². The normalized spacial score (nSPS) is 13.9. The molecule has 0 aromatic heterocycles. The number of ether oxygens (including phenoxy) is 5. The molecule has 0 fully saturated rings. The van der Waals surface area contributed by atoms with Gasteiger partial charge in [0.2, 0.25) is 0 Å². The molecular formula is C24H37NO8. The van der Waals surface area contributed by atoms with Crippen molar-refractivity contribution in [2.75, 3.05) is 0 Å². The van der Waals surface area contributed by atoms with E-state index in [0.717, 1.165) is 0 Å². The Labute approximate surface area is 195 Å². The zero-order valence-corrected chi connectivity index (χ0v) is 20.7. The highest BCUT2D eigenvalue weighted by Gasteiger charge is 2.23. The summed E-state index contributed by atoms with van der Waals surface area (Å²) < 4.78 is 26.2. The Balaban J connectivity index is 3.07. The first-order valence-electron chi connectivity index (χ1n) is 11.2. The molecule has 3 atom stereocenters. The van der Waals surface area contributed by atoms with Crippen molar-refractivity contribution >= 4 is 18.3 Å². The topological polar surface area (TPSA) is 123 Å². The Morgan fingerprint density at radius 1 is 0.758 bits per heavy atom. The van der Waals surface area contributed by atoms with Gasteiger partial charge < -0.3 is 29.4 Å². The van der Waals surface area contributed by atoms with Crippen molar-refractivity contribution in [3.8, 4) is 11.5 Å². The zero-order valence-electron chi connectivity index (χ0n) is 20.7. The van der Waals surface area contributed by atoms with E-state index in [1.165, 1.54) is 12.1 Å². The van der Waals surface area contributed by atoms with Crippen LogP contribution in [0.15, 0.2) is 18.2 Å². The summed E-state index contributed by atoms with van der Waals surface area (Å²) in [5, 5.41) is 0. The van der Waals surface area contributed by atoms with Crippen molar-refractivity contribution in [1.82, 2.24) is 0 Å². The molecule has 0 spiro atoms. The minimum Gasteiger partial charge on any atom is -0.462 e. The smallest absolute Gasteiger partial charge is 0.462 e. The molecule has 0 bridgehead atoms. The first kappa shape index (κ1) is 28.2. The van der Waals surface area contributed by atoms with Gasteiger partial charge in [0, 0.05) is 0 Å². The SMILES string of the molecule is CC(C)OC(=O)[C@@H](N)Cc1ccc(OC(=O)OC(C)C(C)C)c(OC(=O)OC(C)C(C)C)c1. The molecule has 1 aromatic rings. The second-order valence-corrected chi connectivity index (χ2v) is 8.92. The quantitative estimate of drug-likeness (QED) is 0.298. The second-order valence-electron chi connectivity index (χ2n) is 8.92. The number of hydrogen-bond acceptors (Lipinski definition) is 9. The third kappa shape index (κ3) is 10.1. The number of esters is 1. The maximum atomic E-state index is 12.3. The lowest BCUT2D eigenvalue weighted by Gasteiger charge is -2.19. The summed E-state index contributed by atoms with van der Waals surface area (Å²) >= 11 is 0. The number of nitrogens with two attached hydrogens (primary N) is 1. The van der Waals surface area contributed by atoms with Crippen molar-refractivity contribution in [1.29, 1.82) is 0 Å². The van der Waals surface area contributed by atoms with E-state index in [9.17, 15) is 14.4 Å². The summed E-state index contributed by atoms with van der Waals surface area (Å²) in [5.74, 6) is -0.476. The van der Waals surface area contributed by atoms with Crippen molar-refractivity contribution in [3.63, 3.8) is 0 Å². The van der Waals surface area contributed by atoms with Crippen molar-refractivity contribution in [3.05, 3.63) is 23.8 Å². The fourth-order valence-corrected chi connectivity index (χ4v) is 2.30. The molecule has 2 unspecified atom stereocenters. The fourth-order valence-electron chi connectivity index (χ4n) is 2.30. The van der Waals surface area contributed by atoms with Crippen LogP contribution < -0.4 is 15.2 Å². The van der Waals surface area contributed by atoms with E-state index in [0.29, 0.717) is 5.56 Å². The number of carbonyl (C=O) groups excluding carboxylic acids is 3. The van der Waals surface area contributed by atoms with Gasteiger partial charge in [0.15, 0.2) is 11.5 Å². The largest absolute Gasteiger partial charge is 0.514 e. The number of hydrogen-bond donors (Lipinski definition) is 1. The molecule has 9 heteroatoms. The first-order chi connectivity index (χ1) is 15.3. The maximum Gasteiger partial charge on any atom is 0.514 e. The minimum atomic E-state index is -0.953. The highest BCUT2D eigenvalue weighted by Crippen LogP contribution is 2.30. The van der Waals surface area contributed by atoms with Gasteiger partial charge in [-0.2, -0.15) is 0 Å². The van der Waals surface area contributed by atoms with E-state index < -0.39 is 24.3 Å². The highest BCUT2D eigenvalue weighted by molar-refractivity contribution is 5.76. The van der Waals surface area contributed by atoms with E-state index in [4.69, 9.17) is 29.4 Å². The predicted molar refractivity (Wildman–Crippen MR) is 122 cm³/mol. The molecule has 1 aromatic carbocycles. The van der Waals surface area contributed by atoms with Crippen molar-refractivity contribution in [2.45, 2.75) is 86.2 Å². The molecule has 2 N–H and O–H groups in total. The summed E-state index contributed by atoms with van der Waals surface area (Å²) in [6.45, 7) is 14.5. The summed E-state index contributed by atoms with van der Waals surface area (Å²) in [7, 11) is 0. The molecular weight excluding hydrogens is 430 g/mol. The molecule has 186 valence electrons. The average molecular weight is 468 g/mol. The summed E-state index contributed by atoms with van der Waals surface area (Å²) in [6.07, 6.45) is -2.83. The van der Waals surface area contributed by atoms with Crippen LogP contribution in [-0.2, 0) is 25.4 Å². The Bertz CT molecular complexity index is 806. The Morgan fingerprint density at radius 3 is 1.70 bits per heavy atom. The van der Waals surface area contributed by atoms with Gasteiger partial charge in [0.05, 0.1) is 6.10 Å². The van der Waals surface area contributed by atoms with Crippen LogP contribution in [0.1, 0.15) is 61.0 Å². The van der Waals surface area contributed by atoms with Crippen LogP contribution >= 0.6 is 0 Å². The molecule has 0 saturated heterocycles. The third-order valence-electron chi connectivity index (χ3n) is 4.95. The van der Waals surface area contributed by atoms with E-state index in [1.807, 2.05) is 27.7 Å². The molecule has 0 amide bonds. The standard InChI is InChI=1S/C24H37NO8/c1-13(2)16(7)30-23(27)32-20-10-9-18(11-19(25)22(26)29-15(5)6)12-21(20)33-24(28)31-17(8)14(3)4/h9-10,12-17,19H,11,25H2,1-8H3/t16?,17?,19-/m0/s1. The van der Waals surface area contributed by atoms with Crippen LogP contribution in [0.25, 0.3) is 0 Å². The number of benzene rings is 1. The molecule has 0 aliphatic heterocycles. The molecule has 0 saturated carbocycles. The van der Waals surface area contributed by atoms with Gasteiger partial charge in [-0.25, -0.2) is 9.59 Å². The van der Waals surface area contributed by atoms with Crippen LogP contribution in [-0.4, -0.2) is 42.6 Å². The molecule has 0 aliphatic rings.